The third-order valence-electron chi connectivity index (χ3n) is 15.7. The minimum absolute atomic E-state index is 0.0752. The van der Waals surface area contributed by atoms with Crippen molar-refractivity contribution in [2.45, 2.75) is 354 Å². The molecule has 0 fully saturated rings. The quantitative estimate of drug-likeness (QED) is 0.0373. The second-order valence-electron chi connectivity index (χ2n) is 23.9. The molecule has 0 aliphatic heterocycles. The topological polar surface area (TPSA) is 72.8 Å². The van der Waals surface area contributed by atoms with E-state index in [0.717, 1.165) is 103 Å². The number of carbonyl (C=O) groups excluding carboxylic acids is 2. The van der Waals surface area contributed by atoms with Gasteiger partial charge in [0, 0.05) is 12.8 Å². The molecule has 0 heterocycles. The number of ether oxygens (including phenoxy) is 2. The lowest BCUT2D eigenvalue weighted by atomic mass is 10.0. The van der Waals surface area contributed by atoms with Crippen LogP contribution in [0.3, 0.4) is 0 Å². The summed E-state index contributed by atoms with van der Waals surface area (Å²) in [6.45, 7) is 4.03. The second kappa shape index (κ2) is 73.6. The molecule has 5 nitrogen and oxygen atoms in total. The van der Waals surface area contributed by atoms with Gasteiger partial charge in [-0.25, -0.2) is 0 Å². The van der Waals surface area contributed by atoms with Crippen molar-refractivity contribution in [3.05, 3.63) is 122 Å². The lowest BCUT2D eigenvalue weighted by molar-refractivity contribution is -0.161. The zero-order chi connectivity index (χ0) is 60.5. The average molecular weight is 1170 g/mol. The van der Waals surface area contributed by atoms with E-state index in [2.05, 4.69) is 135 Å². The maximum Gasteiger partial charge on any atom is 0.306 e. The van der Waals surface area contributed by atoms with E-state index in [1.54, 1.807) is 0 Å². The van der Waals surface area contributed by atoms with E-state index in [4.69, 9.17) is 9.47 Å². The fraction of sp³-hybridized carbons (Fsp3) is 0.722. The largest absolute Gasteiger partial charge is 0.462 e. The van der Waals surface area contributed by atoms with Gasteiger partial charge in [0.2, 0.25) is 0 Å². The van der Waals surface area contributed by atoms with Crippen molar-refractivity contribution in [3.63, 3.8) is 0 Å². The minimum Gasteiger partial charge on any atom is -0.462 e. The number of hydrogen-bond donors (Lipinski definition) is 1. The zero-order valence-corrected chi connectivity index (χ0v) is 55.4. The molecule has 0 rings (SSSR count). The highest BCUT2D eigenvalue weighted by atomic mass is 16.6. The van der Waals surface area contributed by atoms with E-state index in [0.29, 0.717) is 12.8 Å². The number of aliphatic hydroxyl groups is 1. The van der Waals surface area contributed by atoms with Crippen molar-refractivity contribution in [2.24, 2.45) is 0 Å². The molecule has 1 unspecified atom stereocenters. The molecule has 1 atom stereocenters. The Bertz CT molecular complexity index is 1650. The van der Waals surface area contributed by atoms with E-state index in [1.165, 1.54) is 218 Å². The van der Waals surface area contributed by atoms with Gasteiger partial charge < -0.3 is 14.6 Å². The smallest absolute Gasteiger partial charge is 0.306 e. The Balaban J connectivity index is 3.47. The van der Waals surface area contributed by atoms with Gasteiger partial charge in [-0.3, -0.25) is 9.59 Å². The summed E-state index contributed by atoms with van der Waals surface area (Å²) >= 11 is 0. The number of aliphatic hydroxyl groups excluding tert-OH is 1. The highest BCUT2D eigenvalue weighted by Crippen LogP contribution is 2.18. The van der Waals surface area contributed by atoms with Crippen LogP contribution in [0.4, 0.5) is 0 Å². The fourth-order valence-electron chi connectivity index (χ4n) is 10.4. The van der Waals surface area contributed by atoms with Crippen LogP contribution in [0.5, 0.6) is 0 Å². The van der Waals surface area contributed by atoms with Gasteiger partial charge in [-0.05, 0) is 109 Å². The van der Waals surface area contributed by atoms with Gasteiger partial charge in [0.05, 0.1) is 6.61 Å². The first kappa shape index (κ1) is 80.3. The van der Waals surface area contributed by atoms with E-state index in [-0.39, 0.29) is 25.2 Å². The van der Waals surface area contributed by atoms with E-state index in [9.17, 15) is 14.7 Å². The zero-order valence-electron chi connectivity index (χ0n) is 55.4. The summed E-state index contributed by atoms with van der Waals surface area (Å²) < 4.78 is 10.8. The van der Waals surface area contributed by atoms with Crippen LogP contribution < -0.4 is 0 Å². The fourth-order valence-corrected chi connectivity index (χ4v) is 10.4. The Kier molecular flexibility index (Phi) is 70.3. The van der Waals surface area contributed by atoms with Gasteiger partial charge in [-0.15, -0.1) is 0 Å². The van der Waals surface area contributed by atoms with Crippen LogP contribution in [0.2, 0.25) is 0 Å². The molecule has 0 aliphatic rings. The first-order chi connectivity index (χ1) is 41.6. The van der Waals surface area contributed by atoms with Crippen LogP contribution >= 0.6 is 0 Å². The maximum absolute atomic E-state index is 12.4. The molecule has 0 aromatic rings. The molecule has 5 heteroatoms. The summed E-state index contributed by atoms with van der Waals surface area (Å²) in [5.41, 5.74) is 0. The Morgan fingerprint density at radius 2 is 0.512 bits per heavy atom. The normalized spacial score (nSPS) is 12.9. The van der Waals surface area contributed by atoms with Crippen molar-refractivity contribution in [1.29, 1.82) is 0 Å². The SMILES string of the molecule is CC/C=C\C/C=C\C/C=C\C/C=C\C/C=C\C/C=C\C/C=C\C/C=C\CCCCCCCCC(=O)OC(CO)COC(=O)CCCCCCCCCCCCCCCCCCCCCCCCCCCCC/C=C\C/C=C\CCCCCCC. The predicted octanol–water partition coefficient (Wildman–Crippen LogP) is 25.3. The summed E-state index contributed by atoms with van der Waals surface area (Å²) in [4.78, 5) is 24.7. The molecule has 0 saturated heterocycles. The number of unbranched alkanes of at least 4 members (excludes halogenated alkanes) is 38. The van der Waals surface area contributed by atoms with Gasteiger partial charge in [-0.2, -0.15) is 0 Å². The third-order valence-corrected chi connectivity index (χ3v) is 15.7. The molecule has 482 valence electrons. The molecule has 0 spiro atoms. The van der Waals surface area contributed by atoms with Crippen molar-refractivity contribution in [3.8, 4) is 0 Å². The van der Waals surface area contributed by atoms with Crippen LogP contribution in [0.1, 0.15) is 348 Å². The molecule has 0 aromatic heterocycles. The Morgan fingerprint density at radius 3 is 0.774 bits per heavy atom. The predicted molar refractivity (Wildman–Crippen MR) is 371 cm³/mol. The summed E-state index contributed by atoms with van der Waals surface area (Å²) in [5.74, 6) is -0.601. The highest BCUT2D eigenvalue weighted by Gasteiger charge is 2.16. The maximum atomic E-state index is 12.4. The monoisotopic (exact) mass is 1170 g/mol. The van der Waals surface area contributed by atoms with Crippen molar-refractivity contribution < 1.29 is 24.2 Å². The van der Waals surface area contributed by atoms with Crippen molar-refractivity contribution in [2.75, 3.05) is 13.2 Å². The molecule has 0 radical (unpaired) electrons. The first-order valence-corrected chi connectivity index (χ1v) is 36.1. The Labute approximate surface area is 522 Å². The van der Waals surface area contributed by atoms with E-state index < -0.39 is 6.10 Å². The summed E-state index contributed by atoms with van der Waals surface area (Å²) in [6.07, 6.45) is 108. The van der Waals surface area contributed by atoms with Crippen LogP contribution in [0.25, 0.3) is 0 Å². The lowest BCUT2D eigenvalue weighted by Gasteiger charge is -2.15. The average Bonchev–Trinajstić information content (AvgIpc) is 3.51. The van der Waals surface area contributed by atoms with Gasteiger partial charge in [-0.1, -0.05) is 347 Å². The van der Waals surface area contributed by atoms with Gasteiger partial charge in [0.15, 0.2) is 6.10 Å². The molecular formula is C79H136O5. The third kappa shape index (κ3) is 70.8. The number of carbonyl (C=O) groups is 2. The molecule has 0 aliphatic carbocycles. The van der Waals surface area contributed by atoms with Crippen LogP contribution in [0, 0.1) is 0 Å². The van der Waals surface area contributed by atoms with Gasteiger partial charge >= 0.3 is 11.9 Å². The Hall–Kier alpha value is -3.70. The number of hydrogen-bond acceptors (Lipinski definition) is 5. The number of allylic oxidation sites excluding steroid dienone is 20. The van der Waals surface area contributed by atoms with Crippen LogP contribution in [0.15, 0.2) is 122 Å². The molecule has 0 amide bonds. The van der Waals surface area contributed by atoms with E-state index >= 15 is 0 Å². The van der Waals surface area contributed by atoms with Gasteiger partial charge in [0.25, 0.3) is 0 Å². The second-order valence-corrected chi connectivity index (χ2v) is 23.9. The number of rotatable bonds is 66. The molecule has 1 N–H and O–H groups in total. The first-order valence-electron chi connectivity index (χ1n) is 36.1. The van der Waals surface area contributed by atoms with Crippen molar-refractivity contribution >= 4 is 11.9 Å². The highest BCUT2D eigenvalue weighted by molar-refractivity contribution is 5.70. The molecule has 0 bridgehead atoms. The minimum atomic E-state index is -0.788. The van der Waals surface area contributed by atoms with E-state index in [1.807, 2.05) is 0 Å². The summed E-state index contributed by atoms with van der Waals surface area (Å²) in [5, 5.41) is 9.70. The summed E-state index contributed by atoms with van der Waals surface area (Å²) in [7, 11) is 0. The molecule has 0 aromatic carbocycles. The van der Waals surface area contributed by atoms with Crippen LogP contribution in [-0.2, 0) is 19.1 Å². The Morgan fingerprint density at radius 1 is 0.286 bits per heavy atom. The number of esters is 2. The molecule has 0 saturated carbocycles. The molecular weight excluding hydrogens is 1030 g/mol. The molecule has 84 heavy (non-hydrogen) atoms. The summed E-state index contributed by atoms with van der Waals surface area (Å²) in [6, 6.07) is 0. The standard InChI is InChI=1S/C79H136O5/c1-3-5-7-9-11-13-15-17-19-21-23-25-27-29-31-33-35-36-37-38-39-40-41-42-44-45-47-49-51-53-55-57-59-61-63-65-67-69-71-73-78(81)83-76-77(75-80)84-79(82)74-72-70-68-66-64-62-60-58-56-54-52-50-48-46-43-34-32-30-28-26-24-22-20-18-16-14-12-10-8-6-4-2/h6,8,12,14-15,17-18,20-21,23-24,26,30,32,43,46,50,52,56,58,77,80H,3-5,7,9-11,13,16,19,22,25,27-29,31,33-42,44-45,47-49,51,53-55,57,59-76H2,1-2H3/b8-6-,14-12-,17-15-,20-18-,23-21-,26-24-,32-30-,46-43-,52-50-,58-56-. The van der Waals surface area contributed by atoms with Gasteiger partial charge in [0.1, 0.15) is 6.61 Å². The van der Waals surface area contributed by atoms with Crippen LogP contribution in [-0.4, -0.2) is 36.4 Å². The lowest BCUT2D eigenvalue weighted by Crippen LogP contribution is -2.28. The van der Waals surface area contributed by atoms with Crippen molar-refractivity contribution in [1.82, 2.24) is 0 Å².